The van der Waals surface area contributed by atoms with Gasteiger partial charge in [0, 0.05) is 23.9 Å². The Kier molecular flexibility index (Phi) is 6.41. The minimum Gasteiger partial charge on any atom is -0.494 e. The lowest BCUT2D eigenvalue weighted by atomic mass is 10.1. The normalized spacial score (nSPS) is 10.2. The van der Waals surface area contributed by atoms with Gasteiger partial charge in [-0.15, -0.1) is 12.4 Å². The second-order valence-electron chi connectivity index (χ2n) is 5.36. The van der Waals surface area contributed by atoms with Crippen LogP contribution in [0.4, 0.5) is 0 Å². The highest BCUT2D eigenvalue weighted by atomic mass is 35.5. The molecule has 0 spiro atoms. The zero-order chi connectivity index (χ0) is 16.1. The summed E-state index contributed by atoms with van der Waals surface area (Å²) < 4.78 is 7.59. The smallest absolute Gasteiger partial charge is 0.119 e. The van der Waals surface area contributed by atoms with Crippen LogP contribution in [-0.4, -0.2) is 16.4 Å². The molecule has 0 amide bonds. The van der Waals surface area contributed by atoms with Crippen LogP contribution in [0.25, 0.3) is 16.9 Å². The van der Waals surface area contributed by atoms with E-state index in [1.54, 1.807) is 0 Å². The first-order valence-electron chi connectivity index (χ1n) is 7.89. The van der Waals surface area contributed by atoms with Crippen LogP contribution in [0.15, 0.2) is 60.8 Å². The molecule has 4 nitrogen and oxygen atoms in total. The van der Waals surface area contributed by atoms with Crippen molar-refractivity contribution in [1.82, 2.24) is 9.78 Å². The van der Waals surface area contributed by atoms with E-state index in [4.69, 9.17) is 15.6 Å². The quantitative estimate of drug-likeness (QED) is 0.729. The Bertz CT molecular complexity index is 771. The molecule has 1 aromatic heterocycles. The number of hydrogen-bond donors (Lipinski definition) is 1. The Balaban J connectivity index is 0.00000208. The number of hydrogen-bond acceptors (Lipinski definition) is 3. The van der Waals surface area contributed by atoms with Gasteiger partial charge in [0.15, 0.2) is 0 Å². The fourth-order valence-electron chi connectivity index (χ4n) is 2.47. The van der Waals surface area contributed by atoms with E-state index in [1.807, 2.05) is 65.5 Å². The maximum Gasteiger partial charge on any atom is 0.119 e. The molecule has 0 fully saturated rings. The lowest BCUT2D eigenvalue weighted by molar-refractivity contribution is 0.317. The minimum absolute atomic E-state index is 0. The van der Waals surface area contributed by atoms with Gasteiger partial charge in [0.2, 0.25) is 0 Å². The van der Waals surface area contributed by atoms with Gasteiger partial charge in [0.1, 0.15) is 5.75 Å². The van der Waals surface area contributed by atoms with Gasteiger partial charge in [-0.05, 0) is 30.7 Å². The summed E-state index contributed by atoms with van der Waals surface area (Å²) in [5.74, 6) is 0.863. The largest absolute Gasteiger partial charge is 0.494 e. The monoisotopic (exact) mass is 343 g/mol. The van der Waals surface area contributed by atoms with Crippen molar-refractivity contribution in [2.75, 3.05) is 6.61 Å². The van der Waals surface area contributed by atoms with Crippen molar-refractivity contribution >= 4 is 12.4 Å². The van der Waals surface area contributed by atoms with Crippen LogP contribution in [0.1, 0.15) is 18.9 Å². The topological polar surface area (TPSA) is 53.1 Å². The number of rotatable bonds is 6. The Morgan fingerprint density at radius 2 is 1.88 bits per heavy atom. The van der Waals surface area contributed by atoms with E-state index in [9.17, 15) is 0 Å². The molecule has 24 heavy (non-hydrogen) atoms. The Morgan fingerprint density at radius 3 is 2.58 bits per heavy atom. The lowest BCUT2D eigenvalue weighted by Crippen LogP contribution is -1.97. The van der Waals surface area contributed by atoms with Gasteiger partial charge in [0.25, 0.3) is 0 Å². The second kappa shape index (κ2) is 8.52. The first kappa shape index (κ1) is 18.0. The summed E-state index contributed by atoms with van der Waals surface area (Å²) in [5, 5.41) is 4.72. The van der Waals surface area contributed by atoms with E-state index < -0.39 is 0 Å². The zero-order valence-corrected chi connectivity index (χ0v) is 14.5. The molecular formula is C19H22ClN3O. The fourth-order valence-corrected chi connectivity index (χ4v) is 2.47. The molecule has 0 bridgehead atoms. The molecule has 5 heteroatoms. The molecule has 0 saturated heterocycles. The molecule has 1 heterocycles. The average molecular weight is 344 g/mol. The van der Waals surface area contributed by atoms with E-state index in [1.165, 1.54) is 0 Å². The molecule has 126 valence electrons. The Morgan fingerprint density at radius 1 is 1.08 bits per heavy atom. The maximum atomic E-state index is 5.91. The highest BCUT2D eigenvalue weighted by molar-refractivity contribution is 5.85. The van der Waals surface area contributed by atoms with Gasteiger partial charge in [0.05, 0.1) is 18.0 Å². The molecule has 2 N–H and O–H groups in total. The summed E-state index contributed by atoms with van der Waals surface area (Å²) in [6.07, 6.45) is 2.98. The Hall–Kier alpha value is -2.30. The second-order valence-corrected chi connectivity index (χ2v) is 5.36. The van der Waals surface area contributed by atoms with Gasteiger partial charge >= 0.3 is 0 Å². The highest BCUT2D eigenvalue weighted by Crippen LogP contribution is 2.26. The van der Waals surface area contributed by atoms with Crippen LogP contribution >= 0.6 is 12.4 Å². The van der Waals surface area contributed by atoms with Crippen molar-refractivity contribution in [3.05, 3.63) is 66.4 Å². The van der Waals surface area contributed by atoms with Gasteiger partial charge < -0.3 is 10.5 Å². The average Bonchev–Trinajstić information content (AvgIpc) is 3.05. The molecule has 0 aliphatic heterocycles. The number of aromatic nitrogens is 2. The highest BCUT2D eigenvalue weighted by Gasteiger charge is 2.11. The van der Waals surface area contributed by atoms with Crippen molar-refractivity contribution in [3.63, 3.8) is 0 Å². The standard InChI is InChI=1S/C19H21N3O.ClH/c1-2-11-23-18-10-6-7-15(12-18)19-16(13-20)14-22(21-19)17-8-4-3-5-9-17;/h3-10,12,14H,2,11,13,20H2,1H3;1H. The van der Waals surface area contributed by atoms with Crippen molar-refractivity contribution in [3.8, 4) is 22.7 Å². The van der Waals surface area contributed by atoms with Crippen molar-refractivity contribution in [2.45, 2.75) is 19.9 Å². The summed E-state index contributed by atoms with van der Waals surface area (Å²) in [6.45, 7) is 3.26. The molecule has 0 atom stereocenters. The van der Waals surface area contributed by atoms with Crippen molar-refractivity contribution in [1.29, 1.82) is 0 Å². The van der Waals surface area contributed by atoms with Crippen LogP contribution in [-0.2, 0) is 6.54 Å². The molecule has 0 saturated carbocycles. The third-order valence-electron chi connectivity index (χ3n) is 3.61. The van der Waals surface area contributed by atoms with Crippen LogP contribution in [0.3, 0.4) is 0 Å². The molecule has 2 aromatic carbocycles. The van der Waals surface area contributed by atoms with Crippen molar-refractivity contribution < 1.29 is 4.74 Å². The summed E-state index contributed by atoms with van der Waals surface area (Å²) in [6, 6.07) is 18.1. The summed E-state index contributed by atoms with van der Waals surface area (Å²) in [4.78, 5) is 0. The third kappa shape index (κ3) is 3.96. The van der Waals surface area contributed by atoms with Gasteiger partial charge in [-0.1, -0.05) is 37.3 Å². The third-order valence-corrected chi connectivity index (χ3v) is 3.61. The van der Waals surface area contributed by atoms with Gasteiger partial charge in [-0.25, -0.2) is 4.68 Å². The first-order chi connectivity index (χ1) is 11.3. The van der Waals surface area contributed by atoms with Gasteiger partial charge in [-0.2, -0.15) is 5.10 Å². The van der Waals surface area contributed by atoms with E-state index in [0.29, 0.717) is 13.2 Å². The lowest BCUT2D eigenvalue weighted by Gasteiger charge is -2.06. The van der Waals surface area contributed by atoms with Crippen LogP contribution in [0.5, 0.6) is 5.75 Å². The maximum absolute atomic E-state index is 5.91. The van der Waals surface area contributed by atoms with Gasteiger partial charge in [-0.3, -0.25) is 0 Å². The molecule has 0 radical (unpaired) electrons. The molecule has 0 aliphatic rings. The molecule has 0 aliphatic carbocycles. The summed E-state index contributed by atoms with van der Waals surface area (Å²) >= 11 is 0. The molecule has 3 rings (SSSR count). The Labute approximate surface area is 148 Å². The summed E-state index contributed by atoms with van der Waals surface area (Å²) in [7, 11) is 0. The molecule has 0 unspecified atom stereocenters. The van der Waals surface area contributed by atoms with E-state index in [0.717, 1.165) is 34.7 Å². The van der Waals surface area contributed by atoms with Crippen LogP contribution in [0, 0.1) is 0 Å². The SMILES string of the molecule is CCCOc1cccc(-c2nn(-c3ccccc3)cc2CN)c1.Cl. The molecule has 3 aromatic rings. The number of nitrogens with two attached hydrogens (primary N) is 1. The van der Waals surface area contributed by atoms with Crippen LogP contribution < -0.4 is 10.5 Å². The minimum atomic E-state index is 0. The number of ether oxygens (including phenoxy) is 1. The number of benzene rings is 2. The predicted octanol–water partition coefficient (Wildman–Crippen LogP) is 4.21. The number of halogens is 1. The van der Waals surface area contributed by atoms with E-state index in [2.05, 4.69) is 6.92 Å². The zero-order valence-electron chi connectivity index (χ0n) is 13.7. The number of para-hydroxylation sites is 1. The van der Waals surface area contributed by atoms with Crippen molar-refractivity contribution in [2.24, 2.45) is 5.73 Å². The predicted molar refractivity (Wildman–Crippen MR) is 99.9 cm³/mol. The number of nitrogens with zero attached hydrogens (tertiary/aromatic N) is 2. The molecular weight excluding hydrogens is 322 g/mol. The fraction of sp³-hybridized carbons (Fsp3) is 0.211. The summed E-state index contributed by atoms with van der Waals surface area (Å²) in [5.41, 5.74) is 9.87. The first-order valence-corrected chi connectivity index (χ1v) is 7.89. The van der Waals surface area contributed by atoms with E-state index >= 15 is 0 Å². The van der Waals surface area contributed by atoms with E-state index in [-0.39, 0.29) is 12.4 Å². The van der Waals surface area contributed by atoms with Crippen LogP contribution in [0.2, 0.25) is 0 Å².